The van der Waals surface area contributed by atoms with E-state index in [9.17, 15) is 9.90 Å². The van der Waals surface area contributed by atoms with E-state index in [4.69, 9.17) is 10.00 Å². The van der Waals surface area contributed by atoms with E-state index >= 15 is 0 Å². The van der Waals surface area contributed by atoms with Crippen molar-refractivity contribution in [1.29, 1.82) is 5.26 Å². The van der Waals surface area contributed by atoms with Crippen molar-refractivity contribution in [2.45, 2.75) is 6.61 Å². The number of fused-ring (bicyclic) bond motifs is 1. The fourth-order valence-electron chi connectivity index (χ4n) is 3.16. The Labute approximate surface area is 176 Å². The van der Waals surface area contributed by atoms with Crippen LogP contribution in [-0.4, -0.2) is 32.0 Å². The van der Waals surface area contributed by atoms with Crippen LogP contribution in [0.15, 0.2) is 47.3 Å². The summed E-state index contributed by atoms with van der Waals surface area (Å²) in [7, 11) is 3.13. The molecule has 3 aromatic heterocycles. The highest BCUT2D eigenvalue weighted by Gasteiger charge is 2.15. The van der Waals surface area contributed by atoms with E-state index in [0.717, 1.165) is 0 Å². The van der Waals surface area contributed by atoms with Crippen LogP contribution in [0, 0.1) is 11.3 Å². The zero-order valence-electron chi connectivity index (χ0n) is 16.8. The number of hydrogen-bond acceptors (Lipinski definition) is 8. The molecule has 0 bridgehead atoms. The summed E-state index contributed by atoms with van der Waals surface area (Å²) in [5, 5.41) is 28.0. The Kier molecular flexibility index (Phi) is 5.26. The fourth-order valence-corrected chi connectivity index (χ4v) is 3.16. The van der Waals surface area contributed by atoms with Crippen LogP contribution in [0.25, 0.3) is 11.0 Å². The number of rotatable bonds is 6. The van der Waals surface area contributed by atoms with E-state index in [-0.39, 0.29) is 17.9 Å². The molecule has 156 valence electrons. The predicted molar refractivity (Wildman–Crippen MR) is 116 cm³/mol. The van der Waals surface area contributed by atoms with Crippen LogP contribution >= 0.6 is 0 Å². The minimum absolute atomic E-state index is 0.114. The highest BCUT2D eigenvalue weighted by atomic mass is 16.5. The van der Waals surface area contributed by atoms with Crippen molar-refractivity contribution in [1.82, 2.24) is 19.7 Å². The molecular weight excluding hydrogens is 398 g/mol. The Balaban J connectivity index is 1.80. The lowest BCUT2D eigenvalue weighted by Gasteiger charge is -2.14. The molecule has 1 aromatic carbocycles. The van der Waals surface area contributed by atoms with E-state index in [1.807, 2.05) is 6.07 Å². The number of nitriles is 1. The molecule has 0 radical (unpaired) electrons. The number of aryl methyl sites for hydroxylation is 1. The van der Waals surface area contributed by atoms with Crippen LogP contribution in [0.3, 0.4) is 0 Å². The summed E-state index contributed by atoms with van der Waals surface area (Å²) >= 11 is 0. The van der Waals surface area contributed by atoms with Crippen LogP contribution < -0.4 is 20.9 Å². The molecular formula is C21H19N7O3. The third-order valence-corrected chi connectivity index (χ3v) is 4.65. The molecule has 0 atom stereocenters. The number of methoxy groups -OCH3 is 1. The van der Waals surface area contributed by atoms with Crippen molar-refractivity contribution in [3.63, 3.8) is 0 Å². The van der Waals surface area contributed by atoms with Crippen molar-refractivity contribution in [3.8, 4) is 11.8 Å². The van der Waals surface area contributed by atoms with Gasteiger partial charge in [0, 0.05) is 13.1 Å². The molecule has 0 spiro atoms. The minimum atomic E-state index is -0.243. The molecule has 3 heterocycles. The number of hydrogen-bond donors (Lipinski definition) is 4. The average Bonchev–Trinajstić information content (AvgIpc) is 3.07. The summed E-state index contributed by atoms with van der Waals surface area (Å²) in [6.45, 7) is -0.114. The molecule has 0 saturated carbocycles. The first-order valence-electron chi connectivity index (χ1n) is 9.31. The van der Waals surface area contributed by atoms with E-state index in [1.54, 1.807) is 49.5 Å². The van der Waals surface area contributed by atoms with Crippen LogP contribution in [0.5, 0.6) is 5.75 Å². The van der Waals surface area contributed by atoms with Gasteiger partial charge in [-0.15, -0.1) is 0 Å². The van der Waals surface area contributed by atoms with Crippen LogP contribution in [0.4, 0.5) is 23.0 Å². The molecule has 4 N–H and O–H groups in total. The Morgan fingerprint density at radius 1 is 1.16 bits per heavy atom. The molecule has 0 saturated heterocycles. The van der Waals surface area contributed by atoms with Gasteiger partial charge in [-0.05, 0) is 29.8 Å². The number of aromatic amines is 1. The Morgan fingerprint density at radius 3 is 2.74 bits per heavy atom. The molecule has 10 nitrogen and oxygen atoms in total. The largest absolute Gasteiger partial charge is 0.495 e. The van der Waals surface area contributed by atoms with Gasteiger partial charge in [0.05, 0.1) is 25.1 Å². The van der Waals surface area contributed by atoms with Gasteiger partial charge in [0.2, 0.25) is 0 Å². The van der Waals surface area contributed by atoms with Gasteiger partial charge in [0.1, 0.15) is 34.5 Å². The highest BCUT2D eigenvalue weighted by molar-refractivity contribution is 5.93. The smallest absolute Gasteiger partial charge is 0.277 e. The number of anilines is 4. The number of aliphatic hydroxyl groups is 1. The van der Waals surface area contributed by atoms with Crippen molar-refractivity contribution in [2.24, 2.45) is 7.05 Å². The number of ether oxygens (including phenoxy) is 1. The average molecular weight is 417 g/mol. The maximum atomic E-state index is 12.7. The Morgan fingerprint density at radius 2 is 2.00 bits per heavy atom. The number of nitrogens with one attached hydrogen (secondary N) is 3. The first kappa shape index (κ1) is 19.9. The monoisotopic (exact) mass is 417 g/mol. The molecule has 0 fully saturated rings. The van der Waals surface area contributed by atoms with Gasteiger partial charge >= 0.3 is 0 Å². The Bertz CT molecular complexity index is 1370. The van der Waals surface area contributed by atoms with Crippen molar-refractivity contribution in [2.75, 3.05) is 17.7 Å². The van der Waals surface area contributed by atoms with Gasteiger partial charge in [-0.2, -0.15) is 5.26 Å². The minimum Gasteiger partial charge on any atom is -0.495 e. The second-order valence-electron chi connectivity index (χ2n) is 6.72. The second-order valence-corrected chi connectivity index (χ2v) is 6.72. The molecule has 0 amide bonds. The molecule has 0 aliphatic carbocycles. The van der Waals surface area contributed by atoms with Crippen LogP contribution in [-0.2, 0) is 13.7 Å². The number of pyridine rings is 2. The molecule has 0 aliphatic heterocycles. The van der Waals surface area contributed by atoms with Crippen LogP contribution in [0.2, 0.25) is 0 Å². The van der Waals surface area contributed by atoms with Crippen molar-refractivity contribution in [3.05, 3.63) is 64.1 Å². The third kappa shape index (κ3) is 3.90. The lowest BCUT2D eigenvalue weighted by molar-refractivity contribution is 0.281. The summed E-state index contributed by atoms with van der Waals surface area (Å²) in [4.78, 5) is 21.3. The van der Waals surface area contributed by atoms with E-state index in [2.05, 4.69) is 25.7 Å². The fraction of sp³-hybridized carbons (Fsp3) is 0.143. The van der Waals surface area contributed by atoms with Gasteiger partial charge in [-0.1, -0.05) is 12.1 Å². The molecule has 10 heteroatoms. The van der Waals surface area contributed by atoms with E-state index in [0.29, 0.717) is 45.4 Å². The van der Waals surface area contributed by atoms with Crippen molar-refractivity contribution >= 4 is 34.0 Å². The van der Waals surface area contributed by atoms with Gasteiger partial charge in [-0.25, -0.2) is 9.97 Å². The van der Waals surface area contributed by atoms with Crippen LogP contribution in [0.1, 0.15) is 11.3 Å². The number of nitrogens with zero attached hydrogens (tertiary/aromatic N) is 4. The summed E-state index contributed by atoms with van der Waals surface area (Å²) in [5.74, 6) is 1.38. The number of aliphatic hydroxyl groups excluding tert-OH is 1. The normalized spacial score (nSPS) is 10.6. The summed E-state index contributed by atoms with van der Waals surface area (Å²) in [6, 6.07) is 13.9. The third-order valence-electron chi connectivity index (χ3n) is 4.65. The maximum absolute atomic E-state index is 12.7. The van der Waals surface area contributed by atoms with Gasteiger partial charge in [0.25, 0.3) is 5.56 Å². The topological polar surface area (TPSA) is 141 Å². The lowest BCUT2D eigenvalue weighted by Crippen LogP contribution is -2.12. The quantitative estimate of drug-likeness (QED) is 0.375. The summed E-state index contributed by atoms with van der Waals surface area (Å²) < 4.78 is 6.76. The molecule has 31 heavy (non-hydrogen) atoms. The predicted octanol–water partition coefficient (Wildman–Crippen LogP) is 2.52. The first-order valence-corrected chi connectivity index (χ1v) is 9.31. The van der Waals surface area contributed by atoms with E-state index in [1.165, 1.54) is 11.8 Å². The zero-order valence-corrected chi connectivity index (χ0v) is 16.8. The number of H-pyrrole nitrogens is 1. The first-order chi connectivity index (χ1) is 15.0. The van der Waals surface area contributed by atoms with Crippen molar-refractivity contribution < 1.29 is 9.84 Å². The summed E-state index contributed by atoms with van der Waals surface area (Å²) in [5.41, 5.74) is 2.22. The van der Waals surface area contributed by atoms with E-state index < -0.39 is 0 Å². The molecule has 0 aliphatic rings. The standard InChI is InChI=1S/C21H19N7O3/c1-28-21(30)19-15(24-14-7-6-12(11-29)8-16(14)31-2)9-18(26-20(19)27-28)25-17-5-3-4-13(10-22)23-17/h3-9,29H,11H2,1-2H3,(H3,23,24,25,26,27). The van der Waals surface area contributed by atoms with Gasteiger partial charge in [0.15, 0.2) is 5.65 Å². The highest BCUT2D eigenvalue weighted by Crippen LogP contribution is 2.32. The lowest BCUT2D eigenvalue weighted by atomic mass is 10.2. The molecule has 4 aromatic rings. The zero-order chi connectivity index (χ0) is 22.0. The number of aromatic nitrogens is 4. The maximum Gasteiger partial charge on any atom is 0.277 e. The van der Waals surface area contributed by atoms with Gasteiger partial charge in [-0.3, -0.25) is 14.6 Å². The second kappa shape index (κ2) is 8.17. The Hall–Kier alpha value is -4.36. The summed E-state index contributed by atoms with van der Waals surface area (Å²) in [6.07, 6.45) is 0. The van der Waals surface area contributed by atoms with Gasteiger partial charge < -0.3 is 20.5 Å². The number of benzene rings is 1. The SMILES string of the molecule is COc1cc(CO)ccc1Nc1cc(Nc2cccc(C#N)n2)nc2[nH]n(C)c(=O)c12. The molecule has 4 rings (SSSR count). The molecule has 0 unspecified atom stereocenters.